The number of carbonyl (C=O) groups is 1. The van der Waals surface area contributed by atoms with Crippen molar-refractivity contribution in [3.05, 3.63) is 71.5 Å². The maximum Gasteiger partial charge on any atom is 0.256 e. The van der Waals surface area contributed by atoms with Crippen molar-refractivity contribution < 1.29 is 9.18 Å². The molecule has 2 aromatic carbocycles. The van der Waals surface area contributed by atoms with Crippen molar-refractivity contribution in [2.45, 2.75) is 12.3 Å². The van der Waals surface area contributed by atoms with Gasteiger partial charge in [-0.3, -0.25) is 4.79 Å². The summed E-state index contributed by atoms with van der Waals surface area (Å²) in [7, 11) is 0. The number of nitrogens with zero attached hydrogens (tertiary/aromatic N) is 1. The maximum absolute atomic E-state index is 13.7. The minimum atomic E-state index is -0.444. The van der Waals surface area contributed by atoms with Gasteiger partial charge in [-0.15, -0.1) is 0 Å². The van der Waals surface area contributed by atoms with Gasteiger partial charge in [-0.2, -0.15) is 0 Å². The fourth-order valence-corrected chi connectivity index (χ4v) is 2.75. The van der Waals surface area contributed by atoms with Gasteiger partial charge < -0.3 is 4.90 Å². The molecule has 2 aromatic rings. The van der Waals surface area contributed by atoms with E-state index in [1.165, 1.54) is 11.6 Å². The number of rotatable bonds is 2. The van der Waals surface area contributed by atoms with E-state index < -0.39 is 5.82 Å². The van der Waals surface area contributed by atoms with Crippen LogP contribution in [0.1, 0.15) is 28.3 Å². The molecule has 1 heterocycles. The van der Waals surface area contributed by atoms with Crippen LogP contribution in [-0.2, 0) is 0 Å². The van der Waals surface area contributed by atoms with Crippen molar-refractivity contribution in [2.75, 3.05) is 13.1 Å². The van der Waals surface area contributed by atoms with Gasteiger partial charge in [0.1, 0.15) is 5.82 Å². The SMILES string of the molecule is O=C(c1ccccc1F)N1CC[C@@H](c2ccccc2)C1. The minimum Gasteiger partial charge on any atom is -0.338 e. The normalized spacial score (nSPS) is 18.2. The first kappa shape index (κ1) is 12.9. The third-order valence-electron chi connectivity index (χ3n) is 3.85. The topological polar surface area (TPSA) is 20.3 Å². The van der Waals surface area contributed by atoms with Crippen LogP contribution in [0.3, 0.4) is 0 Å². The molecule has 1 saturated heterocycles. The van der Waals surface area contributed by atoms with Crippen LogP contribution in [0.5, 0.6) is 0 Å². The van der Waals surface area contributed by atoms with Gasteiger partial charge in [-0.1, -0.05) is 42.5 Å². The van der Waals surface area contributed by atoms with Gasteiger partial charge in [-0.05, 0) is 24.1 Å². The third kappa shape index (κ3) is 2.44. The van der Waals surface area contributed by atoms with E-state index in [1.54, 1.807) is 23.1 Å². The Hall–Kier alpha value is -2.16. The number of benzene rings is 2. The minimum absolute atomic E-state index is 0.168. The van der Waals surface area contributed by atoms with Crippen LogP contribution in [0.2, 0.25) is 0 Å². The van der Waals surface area contributed by atoms with Crippen LogP contribution in [0.4, 0.5) is 4.39 Å². The molecule has 0 aliphatic carbocycles. The Kier molecular flexibility index (Phi) is 3.50. The average molecular weight is 269 g/mol. The highest BCUT2D eigenvalue weighted by Gasteiger charge is 2.28. The Balaban J connectivity index is 1.75. The number of carbonyl (C=O) groups excluding carboxylic acids is 1. The first-order valence-electron chi connectivity index (χ1n) is 6.84. The predicted octanol–water partition coefficient (Wildman–Crippen LogP) is 3.46. The first-order valence-corrected chi connectivity index (χ1v) is 6.84. The first-order chi connectivity index (χ1) is 9.75. The van der Waals surface area contributed by atoms with E-state index in [0.717, 1.165) is 6.42 Å². The van der Waals surface area contributed by atoms with E-state index in [-0.39, 0.29) is 11.5 Å². The number of hydrogen-bond donors (Lipinski definition) is 0. The highest BCUT2D eigenvalue weighted by molar-refractivity contribution is 5.94. The van der Waals surface area contributed by atoms with Crippen molar-refractivity contribution in [1.29, 1.82) is 0 Å². The molecule has 1 atom stereocenters. The van der Waals surface area contributed by atoms with Gasteiger partial charge >= 0.3 is 0 Å². The molecule has 0 radical (unpaired) electrons. The summed E-state index contributed by atoms with van der Waals surface area (Å²) in [6, 6.07) is 16.4. The monoisotopic (exact) mass is 269 g/mol. The van der Waals surface area contributed by atoms with Crippen molar-refractivity contribution in [3.8, 4) is 0 Å². The summed E-state index contributed by atoms with van der Waals surface area (Å²) in [4.78, 5) is 14.1. The summed E-state index contributed by atoms with van der Waals surface area (Å²) in [6.45, 7) is 1.35. The number of likely N-dealkylation sites (tertiary alicyclic amines) is 1. The second-order valence-electron chi connectivity index (χ2n) is 5.13. The largest absolute Gasteiger partial charge is 0.338 e. The lowest BCUT2D eigenvalue weighted by atomic mass is 9.99. The van der Waals surface area contributed by atoms with E-state index in [2.05, 4.69) is 12.1 Å². The van der Waals surface area contributed by atoms with E-state index in [4.69, 9.17) is 0 Å². The molecule has 2 nitrogen and oxygen atoms in total. The zero-order valence-corrected chi connectivity index (χ0v) is 11.1. The average Bonchev–Trinajstić information content (AvgIpc) is 2.98. The van der Waals surface area contributed by atoms with Gasteiger partial charge in [0, 0.05) is 19.0 Å². The molecule has 102 valence electrons. The molecule has 1 amide bonds. The Morgan fingerprint density at radius 1 is 1.05 bits per heavy atom. The summed E-state index contributed by atoms with van der Waals surface area (Å²) in [5, 5.41) is 0. The number of amides is 1. The Morgan fingerprint density at radius 3 is 2.50 bits per heavy atom. The highest BCUT2D eigenvalue weighted by atomic mass is 19.1. The zero-order valence-electron chi connectivity index (χ0n) is 11.1. The fourth-order valence-electron chi connectivity index (χ4n) is 2.75. The molecule has 0 spiro atoms. The Bertz CT molecular complexity index is 611. The molecule has 0 bridgehead atoms. The fraction of sp³-hybridized carbons (Fsp3) is 0.235. The van der Waals surface area contributed by atoms with Gasteiger partial charge in [0.05, 0.1) is 5.56 Å². The summed E-state index contributed by atoms with van der Waals surface area (Å²) in [5.41, 5.74) is 1.41. The summed E-state index contributed by atoms with van der Waals surface area (Å²) in [5.74, 6) is -0.297. The summed E-state index contributed by atoms with van der Waals surface area (Å²) < 4.78 is 13.7. The predicted molar refractivity (Wildman–Crippen MR) is 76.1 cm³/mol. The van der Waals surface area contributed by atoms with Crippen LogP contribution in [0.25, 0.3) is 0 Å². The van der Waals surface area contributed by atoms with E-state index in [0.29, 0.717) is 19.0 Å². The molecule has 0 saturated carbocycles. The second kappa shape index (κ2) is 5.45. The van der Waals surface area contributed by atoms with E-state index >= 15 is 0 Å². The molecular weight excluding hydrogens is 253 g/mol. The molecule has 1 fully saturated rings. The van der Waals surface area contributed by atoms with Crippen molar-refractivity contribution >= 4 is 5.91 Å². The van der Waals surface area contributed by atoms with Crippen LogP contribution in [-0.4, -0.2) is 23.9 Å². The van der Waals surface area contributed by atoms with Crippen LogP contribution in [0.15, 0.2) is 54.6 Å². The number of hydrogen-bond acceptors (Lipinski definition) is 1. The molecule has 3 rings (SSSR count). The quantitative estimate of drug-likeness (QED) is 0.817. The summed E-state index contributed by atoms with van der Waals surface area (Å²) in [6.07, 6.45) is 0.935. The lowest BCUT2D eigenvalue weighted by molar-refractivity contribution is 0.0786. The maximum atomic E-state index is 13.7. The van der Waals surface area contributed by atoms with E-state index in [9.17, 15) is 9.18 Å². The molecular formula is C17H16FNO. The number of halogens is 1. The molecule has 0 N–H and O–H groups in total. The van der Waals surface area contributed by atoms with Crippen molar-refractivity contribution in [3.63, 3.8) is 0 Å². The second-order valence-corrected chi connectivity index (χ2v) is 5.13. The van der Waals surface area contributed by atoms with Gasteiger partial charge in [0.15, 0.2) is 0 Å². The lowest BCUT2D eigenvalue weighted by Gasteiger charge is -2.17. The third-order valence-corrected chi connectivity index (χ3v) is 3.85. The molecule has 1 aliphatic heterocycles. The van der Waals surface area contributed by atoms with E-state index in [1.807, 2.05) is 18.2 Å². The van der Waals surface area contributed by atoms with Gasteiger partial charge in [0.2, 0.25) is 0 Å². The molecule has 0 unspecified atom stereocenters. The Labute approximate surface area is 117 Å². The highest BCUT2D eigenvalue weighted by Crippen LogP contribution is 2.28. The smallest absolute Gasteiger partial charge is 0.256 e. The molecule has 3 heteroatoms. The van der Waals surface area contributed by atoms with Crippen LogP contribution in [0, 0.1) is 5.82 Å². The standard InChI is InChI=1S/C17H16FNO/c18-16-9-5-4-8-15(16)17(20)19-11-10-14(12-19)13-6-2-1-3-7-13/h1-9,14H,10-12H2/t14-/m1/s1. The zero-order chi connectivity index (χ0) is 13.9. The summed E-state index contributed by atoms with van der Waals surface area (Å²) >= 11 is 0. The lowest BCUT2D eigenvalue weighted by Crippen LogP contribution is -2.29. The molecule has 0 aromatic heterocycles. The molecule has 20 heavy (non-hydrogen) atoms. The van der Waals surface area contributed by atoms with Crippen LogP contribution < -0.4 is 0 Å². The Morgan fingerprint density at radius 2 is 1.75 bits per heavy atom. The van der Waals surface area contributed by atoms with Gasteiger partial charge in [-0.25, -0.2) is 4.39 Å². The van der Waals surface area contributed by atoms with Crippen molar-refractivity contribution in [1.82, 2.24) is 4.90 Å². The molecule has 1 aliphatic rings. The van der Waals surface area contributed by atoms with Crippen molar-refractivity contribution in [2.24, 2.45) is 0 Å². The van der Waals surface area contributed by atoms with Crippen LogP contribution >= 0.6 is 0 Å². The van der Waals surface area contributed by atoms with Gasteiger partial charge in [0.25, 0.3) is 5.91 Å².